The first-order valence-corrected chi connectivity index (χ1v) is 11.8. The van der Waals surface area contributed by atoms with Crippen LogP contribution in [0.15, 0.2) is 54.9 Å². The third-order valence-corrected chi connectivity index (χ3v) is 5.93. The number of allylic oxidation sites excluding steroid dienone is 1. The summed E-state index contributed by atoms with van der Waals surface area (Å²) in [5.74, 6) is -0.547. The number of benzene rings is 1. The molecule has 0 saturated carbocycles. The number of piperidine rings is 1. The fourth-order valence-corrected chi connectivity index (χ4v) is 4.12. The Morgan fingerprint density at radius 3 is 2.86 bits per heavy atom. The Labute approximate surface area is 205 Å². The Morgan fingerprint density at radius 2 is 2.09 bits per heavy atom. The first-order valence-electron chi connectivity index (χ1n) is 11.8. The minimum Gasteiger partial charge on any atom is -0.397 e. The Bertz CT molecular complexity index is 1240. The van der Waals surface area contributed by atoms with Crippen molar-refractivity contribution in [2.75, 3.05) is 29.0 Å². The van der Waals surface area contributed by atoms with Crippen molar-refractivity contribution in [3.05, 3.63) is 71.9 Å². The smallest absolute Gasteiger partial charge is 0.276 e. The van der Waals surface area contributed by atoms with Crippen molar-refractivity contribution in [1.29, 1.82) is 0 Å². The zero-order valence-corrected chi connectivity index (χ0v) is 20.0. The molecule has 1 amide bonds. The molecule has 0 bridgehead atoms. The standard InChI is InChI=1S/C27H31FN6O/c1-17(2)5-6-18-7-8-21(28)20(14-18)23-10-9-22(30)26(32-23)27(35)33-24-15-31-12-11-25(24)34-13-3-4-19(29)16-34/h5-12,14-15,17,19H,3-4,13,16,29-30H2,1-2H3,(H,33,35)/b6-5-/t19-/m0/s1. The van der Waals surface area contributed by atoms with Crippen molar-refractivity contribution in [3.63, 3.8) is 0 Å². The topological polar surface area (TPSA) is 110 Å². The van der Waals surface area contributed by atoms with Crippen LogP contribution in [0.25, 0.3) is 17.3 Å². The van der Waals surface area contributed by atoms with Gasteiger partial charge in [0, 0.05) is 30.9 Å². The summed E-state index contributed by atoms with van der Waals surface area (Å²) in [6, 6.07) is 9.94. The minimum atomic E-state index is -0.490. The summed E-state index contributed by atoms with van der Waals surface area (Å²) < 4.78 is 14.7. The SMILES string of the molecule is CC(C)/C=C\c1ccc(F)c(-c2ccc(N)c(C(=O)Nc3cnccc3N3CCC[C@H](N)C3)n2)c1. The minimum absolute atomic E-state index is 0.0233. The number of hydrogen-bond donors (Lipinski definition) is 3. The quantitative estimate of drug-likeness (QED) is 0.477. The van der Waals surface area contributed by atoms with Crippen molar-refractivity contribution >= 4 is 29.0 Å². The van der Waals surface area contributed by atoms with Crippen molar-refractivity contribution in [1.82, 2.24) is 9.97 Å². The van der Waals surface area contributed by atoms with E-state index in [1.807, 2.05) is 18.2 Å². The Kier molecular flexibility index (Phi) is 7.41. The molecule has 1 aromatic carbocycles. The van der Waals surface area contributed by atoms with E-state index in [0.717, 1.165) is 30.6 Å². The maximum absolute atomic E-state index is 14.7. The highest BCUT2D eigenvalue weighted by Crippen LogP contribution is 2.29. The molecule has 0 spiro atoms. The summed E-state index contributed by atoms with van der Waals surface area (Å²) in [7, 11) is 0. The number of carbonyl (C=O) groups excluding carboxylic acids is 1. The van der Waals surface area contributed by atoms with Crippen LogP contribution in [0.1, 0.15) is 42.7 Å². The van der Waals surface area contributed by atoms with Crippen molar-refractivity contribution in [2.24, 2.45) is 11.7 Å². The predicted octanol–water partition coefficient (Wildman–Crippen LogP) is 4.71. The van der Waals surface area contributed by atoms with Crippen LogP contribution in [0.4, 0.5) is 21.5 Å². The van der Waals surface area contributed by atoms with Gasteiger partial charge in [-0.25, -0.2) is 9.37 Å². The van der Waals surface area contributed by atoms with Gasteiger partial charge < -0.3 is 21.7 Å². The zero-order valence-electron chi connectivity index (χ0n) is 20.0. The van der Waals surface area contributed by atoms with Gasteiger partial charge in [-0.3, -0.25) is 9.78 Å². The molecule has 0 radical (unpaired) electrons. The molecule has 8 heteroatoms. The molecule has 1 aliphatic heterocycles. The molecule has 0 unspecified atom stereocenters. The van der Waals surface area contributed by atoms with E-state index >= 15 is 0 Å². The first-order chi connectivity index (χ1) is 16.8. The number of amides is 1. The number of aromatic nitrogens is 2. The molecule has 5 N–H and O–H groups in total. The number of halogens is 1. The predicted molar refractivity (Wildman–Crippen MR) is 140 cm³/mol. The van der Waals surface area contributed by atoms with Crippen LogP contribution in [0.2, 0.25) is 0 Å². The number of pyridine rings is 2. The van der Waals surface area contributed by atoms with E-state index in [1.165, 1.54) is 6.07 Å². The van der Waals surface area contributed by atoms with Crippen LogP contribution in [0.5, 0.6) is 0 Å². The Balaban J connectivity index is 1.62. The number of carbonyl (C=O) groups is 1. The lowest BCUT2D eigenvalue weighted by Gasteiger charge is -2.33. The number of anilines is 3. The van der Waals surface area contributed by atoms with Gasteiger partial charge in [0.25, 0.3) is 5.91 Å². The molecular weight excluding hydrogens is 443 g/mol. The van der Waals surface area contributed by atoms with Gasteiger partial charge in [-0.05, 0) is 54.7 Å². The molecule has 0 aliphatic carbocycles. The maximum atomic E-state index is 14.7. The van der Waals surface area contributed by atoms with E-state index in [9.17, 15) is 9.18 Å². The Morgan fingerprint density at radius 1 is 1.26 bits per heavy atom. The van der Waals surface area contributed by atoms with Gasteiger partial charge in [0.15, 0.2) is 5.69 Å². The lowest BCUT2D eigenvalue weighted by molar-refractivity contribution is 0.102. The summed E-state index contributed by atoms with van der Waals surface area (Å²) >= 11 is 0. The molecular formula is C27H31FN6O. The lowest BCUT2D eigenvalue weighted by Crippen LogP contribution is -2.43. The van der Waals surface area contributed by atoms with E-state index in [0.29, 0.717) is 29.4 Å². The second-order valence-electron chi connectivity index (χ2n) is 9.17. The van der Waals surface area contributed by atoms with Crippen LogP contribution >= 0.6 is 0 Å². The molecule has 4 rings (SSSR count). The average molecular weight is 475 g/mol. The largest absolute Gasteiger partial charge is 0.397 e. The highest BCUT2D eigenvalue weighted by Gasteiger charge is 2.22. The van der Waals surface area contributed by atoms with Gasteiger partial charge in [-0.1, -0.05) is 32.1 Å². The molecule has 3 heterocycles. The molecule has 1 aliphatic rings. The molecule has 35 heavy (non-hydrogen) atoms. The van der Waals surface area contributed by atoms with Crippen LogP contribution in [0.3, 0.4) is 0 Å². The van der Waals surface area contributed by atoms with Gasteiger partial charge in [-0.2, -0.15) is 0 Å². The normalized spacial score (nSPS) is 16.1. The number of nitrogens with one attached hydrogen (secondary N) is 1. The first kappa shape index (κ1) is 24.3. The van der Waals surface area contributed by atoms with Gasteiger partial charge in [0.1, 0.15) is 5.82 Å². The van der Waals surface area contributed by atoms with E-state index in [-0.39, 0.29) is 17.4 Å². The summed E-state index contributed by atoms with van der Waals surface area (Å²) in [5.41, 5.74) is 15.3. The van der Waals surface area contributed by atoms with Crippen molar-refractivity contribution < 1.29 is 9.18 Å². The Hall–Kier alpha value is -3.78. The van der Waals surface area contributed by atoms with E-state index < -0.39 is 11.7 Å². The van der Waals surface area contributed by atoms with Crippen molar-refractivity contribution in [3.8, 4) is 11.3 Å². The fraction of sp³-hybridized carbons (Fsp3) is 0.296. The molecule has 1 atom stereocenters. The maximum Gasteiger partial charge on any atom is 0.276 e. The number of nitrogens with two attached hydrogens (primary N) is 2. The summed E-state index contributed by atoms with van der Waals surface area (Å²) in [5, 5.41) is 2.89. The summed E-state index contributed by atoms with van der Waals surface area (Å²) in [6.07, 6.45) is 9.20. The molecule has 2 aromatic heterocycles. The third-order valence-electron chi connectivity index (χ3n) is 5.93. The highest BCUT2D eigenvalue weighted by atomic mass is 19.1. The fourth-order valence-electron chi connectivity index (χ4n) is 4.12. The zero-order chi connectivity index (χ0) is 24.9. The van der Waals surface area contributed by atoms with Gasteiger partial charge in [0.2, 0.25) is 0 Å². The van der Waals surface area contributed by atoms with Crippen LogP contribution in [-0.4, -0.2) is 35.0 Å². The molecule has 1 fully saturated rings. The molecule has 7 nitrogen and oxygen atoms in total. The molecule has 1 saturated heterocycles. The number of nitrogens with zero attached hydrogens (tertiary/aromatic N) is 3. The van der Waals surface area contributed by atoms with Crippen molar-refractivity contribution in [2.45, 2.75) is 32.7 Å². The van der Waals surface area contributed by atoms with Gasteiger partial charge in [0.05, 0.1) is 29.0 Å². The van der Waals surface area contributed by atoms with E-state index in [4.69, 9.17) is 11.5 Å². The van der Waals surface area contributed by atoms with Crippen LogP contribution < -0.4 is 21.7 Å². The lowest BCUT2D eigenvalue weighted by atomic mass is 10.0. The summed E-state index contributed by atoms with van der Waals surface area (Å²) in [6.45, 7) is 5.68. The third kappa shape index (κ3) is 5.84. The van der Waals surface area contributed by atoms with E-state index in [2.05, 4.69) is 34.0 Å². The second kappa shape index (κ2) is 10.7. The highest BCUT2D eigenvalue weighted by molar-refractivity contribution is 6.08. The number of nitrogen functional groups attached to an aromatic ring is 1. The van der Waals surface area contributed by atoms with Crippen LogP contribution in [0, 0.1) is 11.7 Å². The van der Waals surface area contributed by atoms with Gasteiger partial charge in [-0.15, -0.1) is 0 Å². The average Bonchev–Trinajstić information content (AvgIpc) is 2.84. The number of hydrogen-bond acceptors (Lipinski definition) is 6. The second-order valence-corrected chi connectivity index (χ2v) is 9.17. The van der Waals surface area contributed by atoms with Crippen LogP contribution in [-0.2, 0) is 0 Å². The number of rotatable bonds is 6. The molecule has 182 valence electrons. The van der Waals surface area contributed by atoms with E-state index in [1.54, 1.807) is 36.7 Å². The molecule has 3 aromatic rings. The monoisotopic (exact) mass is 474 g/mol. The summed E-state index contributed by atoms with van der Waals surface area (Å²) in [4.78, 5) is 24.0. The van der Waals surface area contributed by atoms with Gasteiger partial charge >= 0.3 is 0 Å².